The number of aliphatic hydroxyl groups is 1. The Hall–Kier alpha value is -5.47. The van der Waals surface area contributed by atoms with Gasteiger partial charge in [0.05, 0.1) is 59.3 Å². The van der Waals surface area contributed by atoms with Crippen LogP contribution in [0, 0.1) is 51.8 Å². The summed E-state index contributed by atoms with van der Waals surface area (Å²) in [5, 5.41) is 33.6. The van der Waals surface area contributed by atoms with Crippen LogP contribution < -0.4 is 9.47 Å². The first-order valence-corrected chi connectivity index (χ1v) is 25.3. The molecule has 400 valence electrons. The van der Waals surface area contributed by atoms with E-state index in [0.717, 1.165) is 5.56 Å². The molecule has 0 saturated heterocycles. The van der Waals surface area contributed by atoms with Crippen LogP contribution in [0.1, 0.15) is 57.7 Å². The van der Waals surface area contributed by atoms with E-state index in [1.807, 2.05) is 58.0 Å². The third kappa shape index (κ3) is 8.39. The van der Waals surface area contributed by atoms with Crippen LogP contribution in [0.2, 0.25) is 0 Å². The molecule has 6 fully saturated rings. The van der Waals surface area contributed by atoms with E-state index >= 15 is 4.79 Å². The number of rotatable bonds is 27. The summed E-state index contributed by atoms with van der Waals surface area (Å²) in [6, 6.07) is 18.5. The topological polar surface area (TPSA) is 238 Å². The lowest BCUT2D eigenvalue weighted by atomic mass is 9.37. The van der Waals surface area contributed by atoms with Crippen molar-refractivity contribution in [2.45, 2.75) is 83.2 Å². The third-order valence-corrected chi connectivity index (χ3v) is 17.8. The first kappa shape index (κ1) is 53.4. The van der Waals surface area contributed by atoms with Gasteiger partial charge in [-0.3, -0.25) is 24.0 Å². The van der Waals surface area contributed by atoms with Gasteiger partial charge in [-0.1, -0.05) is 70.2 Å². The number of fused-ring (bicyclic) bond motifs is 8. The Bertz CT molecular complexity index is 2640. The molecule has 0 amide bonds. The van der Waals surface area contributed by atoms with Gasteiger partial charge in [0, 0.05) is 53.8 Å². The first-order valence-electron chi connectivity index (χ1n) is 25.3. The number of phenols is 2. The Labute approximate surface area is 430 Å². The molecule has 3 aromatic rings. The van der Waals surface area contributed by atoms with Crippen molar-refractivity contribution in [1.82, 2.24) is 0 Å². The predicted molar refractivity (Wildman–Crippen MR) is 260 cm³/mol. The van der Waals surface area contributed by atoms with Crippen molar-refractivity contribution in [1.29, 1.82) is 0 Å². The molecule has 3 N–H and O–H groups in total. The zero-order chi connectivity index (χ0) is 53.0. The number of hydrogen-bond donors (Lipinski definition) is 3. The zero-order valence-corrected chi connectivity index (χ0v) is 43.1. The minimum absolute atomic E-state index is 0.0226. The quantitative estimate of drug-likeness (QED) is 0.0530. The lowest BCUT2D eigenvalue weighted by molar-refractivity contribution is -0.265. The van der Waals surface area contributed by atoms with Gasteiger partial charge in [0.1, 0.15) is 38.5 Å². The summed E-state index contributed by atoms with van der Waals surface area (Å²) in [5.74, 6) is -4.36. The van der Waals surface area contributed by atoms with Gasteiger partial charge in [-0.15, -0.1) is 0 Å². The van der Waals surface area contributed by atoms with Crippen molar-refractivity contribution in [3.8, 4) is 23.0 Å². The van der Waals surface area contributed by atoms with Crippen molar-refractivity contribution >= 4 is 29.3 Å². The van der Waals surface area contributed by atoms with Gasteiger partial charge in [-0.2, -0.15) is 0 Å². The van der Waals surface area contributed by atoms with Crippen molar-refractivity contribution in [2.24, 2.45) is 51.8 Å². The summed E-state index contributed by atoms with van der Waals surface area (Å²) in [6.45, 7) is 8.60. The number of Topliss-reactive ketones (excluding diaryl/α,β-unsaturated/α-hetero) is 3. The Kier molecular flexibility index (Phi) is 14.6. The summed E-state index contributed by atoms with van der Waals surface area (Å²) < 4.78 is 59.2. The minimum atomic E-state index is -1.65. The van der Waals surface area contributed by atoms with E-state index in [0.29, 0.717) is 11.1 Å². The highest BCUT2D eigenvalue weighted by Gasteiger charge is 3.02. The fraction of sp³-hybridized carbons (Fsp3) is 0.589. The van der Waals surface area contributed by atoms with Crippen molar-refractivity contribution in [3.63, 3.8) is 0 Å². The van der Waals surface area contributed by atoms with E-state index in [-0.39, 0.29) is 138 Å². The molecule has 3 aromatic carbocycles. The molecule has 0 heterocycles. The standard InChI is InChI=1S/C56H68O18/c1-32-49(73-43(62)25-34-11-9-8-10-12-34)56(74-33(2)57)47(51(56,3)4)46-44-45-48(55(32,46)64)54(72-31-70-20-18-68-27-38(59)22-36-14-16-40(61)42(24-36)66-7)28-53(44,52(45,5)50(54)63)29-71-30-69-19-17-67-26-37(58)21-35-13-15-39(60)41(23-35)65-6/h8-16,23-24,32,44-49,60-61,64H,17-22,25-31H2,1-7H3/t32-,44+,45-,46+,47-,48-,49-,52-,53+,54+,55-,56-/m1/s1. The summed E-state index contributed by atoms with van der Waals surface area (Å²) in [7, 11) is 2.86. The summed E-state index contributed by atoms with van der Waals surface area (Å²) in [4.78, 5) is 67.7. The van der Waals surface area contributed by atoms with Crippen LogP contribution in [-0.4, -0.2) is 142 Å². The number of methoxy groups -OCH3 is 2. The van der Waals surface area contributed by atoms with Crippen molar-refractivity contribution in [3.05, 3.63) is 83.4 Å². The van der Waals surface area contributed by atoms with Gasteiger partial charge >= 0.3 is 11.9 Å². The Morgan fingerprint density at radius 1 is 0.676 bits per heavy atom. The minimum Gasteiger partial charge on any atom is -0.504 e. The predicted octanol–water partition coefficient (Wildman–Crippen LogP) is 4.76. The van der Waals surface area contributed by atoms with Gasteiger partial charge in [0.15, 0.2) is 45.9 Å². The lowest BCUT2D eigenvalue weighted by Crippen LogP contribution is -2.67. The van der Waals surface area contributed by atoms with Gasteiger partial charge in [0.2, 0.25) is 0 Å². The van der Waals surface area contributed by atoms with Crippen LogP contribution in [0.25, 0.3) is 0 Å². The molecule has 0 unspecified atom stereocenters. The molecule has 6 saturated carbocycles. The highest BCUT2D eigenvalue weighted by molar-refractivity contribution is 6.02. The average molecular weight is 1030 g/mol. The SMILES string of the molecule is COc1cc(CC(=O)COCCOCOC[C@]23C[C@@]4(OCOCCOCC(=O)Cc5ccc(O)c(OC)c5)C(=O)[C@@]2(C)[C@@H]2[C@H]3[C@H]3[C@@H]5C(C)(C)[C@]5(OC(C)=O)[C@H](OC(=O)Cc5ccccc5)[C@@H](C)[C@]3(O)[C@H]24)ccc1O. The summed E-state index contributed by atoms with van der Waals surface area (Å²) >= 11 is 0. The highest BCUT2D eigenvalue weighted by Crippen LogP contribution is 2.94. The van der Waals surface area contributed by atoms with Crippen LogP contribution in [0.5, 0.6) is 23.0 Å². The molecule has 18 nitrogen and oxygen atoms in total. The first-order chi connectivity index (χ1) is 35.3. The monoisotopic (exact) mass is 1030 g/mol. The largest absolute Gasteiger partial charge is 0.504 e. The second-order valence-electron chi connectivity index (χ2n) is 21.7. The summed E-state index contributed by atoms with van der Waals surface area (Å²) in [5.41, 5.74) is -5.03. The van der Waals surface area contributed by atoms with E-state index in [9.17, 15) is 34.5 Å². The maximum atomic E-state index is 15.3. The second kappa shape index (κ2) is 20.2. The van der Waals surface area contributed by atoms with E-state index in [4.69, 9.17) is 47.4 Å². The van der Waals surface area contributed by atoms with Crippen LogP contribution in [-0.2, 0) is 81.1 Å². The van der Waals surface area contributed by atoms with E-state index in [1.165, 1.54) is 33.3 Å². The fourth-order valence-electron chi connectivity index (χ4n) is 15.0. The second-order valence-corrected chi connectivity index (χ2v) is 21.7. The van der Waals surface area contributed by atoms with Crippen LogP contribution >= 0.6 is 0 Å². The Balaban J connectivity index is 0.896. The maximum absolute atomic E-state index is 15.3. The molecule has 9 rings (SSSR count). The number of ketones is 3. The van der Waals surface area contributed by atoms with E-state index in [1.54, 1.807) is 24.3 Å². The number of aromatic hydroxyl groups is 2. The van der Waals surface area contributed by atoms with Gasteiger partial charge in [-0.05, 0) is 65.1 Å². The zero-order valence-electron chi connectivity index (χ0n) is 43.1. The molecule has 0 aliphatic heterocycles. The highest BCUT2D eigenvalue weighted by atomic mass is 16.7. The molecule has 2 bridgehead atoms. The van der Waals surface area contributed by atoms with Crippen LogP contribution in [0.3, 0.4) is 0 Å². The number of hydrogen-bond acceptors (Lipinski definition) is 18. The number of benzene rings is 3. The maximum Gasteiger partial charge on any atom is 0.310 e. The molecule has 12 atom stereocenters. The summed E-state index contributed by atoms with van der Waals surface area (Å²) in [6.07, 6.45) is -0.755. The Morgan fingerprint density at radius 2 is 1.24 bits per heavy atom. The van der Waals surface area contributed by atoms with E-state index in [2.05, 4.69) is 0 Å². The molecule has 6 aliphatic rings. The number of carbonyl (C=O) groups excluding carboxylic acids is 5. The molecule has 74 heavy (non-hydrogen) atoms. The van der Waals surface area contributed by atoms with Crippen molar-refractivity contribution < 1.29 is 86.7 Å². The Morgan fingerprint density at radius 3 is 1.81 bits per heavy atom. The van der Waals surface area contributed by atoms with Gasteiger partial charge in [0.25, 0.3) is 0 Å². The number of carbonyl (C=O) groups is 5. The van der Waals surface area contributed by atoms with E-state index < -0.39 is 74.8 Å². The number of phenolic OH excluding ortho intramolecular Hbond substituents is 2. The van der Waals surface area contributed by atoms with Crippen molar-refractivity contribution in [2.75, 3.05) is 74.1 Å². The molecule has 0 radical (unpaired) electrons. The number of ether oxygens (including phenoxy) is 10. The third-order valence-electron chi connectivity index (χ3n) is 17.8. The lowest BCUT2D eigenvalue weighted by Gasteiger charge is -2.65. The van der Waals surface area contributed by atoms with Crippen LogP contribution in [0.15, 0.2) is 66.7 Å². The number of esters is 2. The molecule has 0 aromatic heterocycles. The van der Waals surface area contributed by atoms with Gasteiger partial charge < -0.3 is 62.7 Å². The van der Waals surface area contributed by atoms with Gasteiger partial charge in [-0.25, -0.2) is 0 Å². The normalized spacial score (nSPS) is 33.0. The average Bonchev–Trinajstić information content (AvgIpc) is 3.56. The molecule has 18 heteroatoms. The molecule has 0 spiro atoms. The molecular weight excluding hydrogens is 961 g/mol. The van der Waals surface area contributed by atoms with Crippen LogP contribution in [0.4, 0.5) is 0 Å². The fourth-order valence-corrected chi connectivity index (χ4v) is 15.0. The molecule has 6 aliphatic carbocycles. The smallest absolute Gasteiger partial charge is 0.310 e. The molecular formula is C56H68O18.